The summed E-state index contributed by atoms with van der Waals surface area (Å²) in [6.45, 7) is 3.57. The molecule has 5 rings (SSSR count). The quantitative estimate of drug-likeness (QED) is 0.245. The molecule has 40 heavy (non-hydrogen) atoms. The number of nitrogens with one attached hydrogen (secondary N) is 1. The van der Waals surface area contributed by atoms with Gasteiger partial charge < -0.3 is 19.4 Å². The van der Waals surface area contributed by atoms with Crippen molar-refractivity contribution >= 4 is 46.5 Å². The predicted molar refractivity (Wildman–Crippen MR) is 156 cm³/mol. The third-order valence-corrected chi connectivity index (χ3v) is 6.28. The van der Waals surface area contributed by atoms with E-state index in [1.54, 1.807) is 20.4 Å². The third-order valence-electron chi connectivity index (χ3n) is 6.28. The van der Waals surface area contributed by atoms with Crippen molar-refractivity contribution in [2.24, 2.45) is 0 Å². The molecule has 0 aliphatic heterocycles. The van der Waals surface area contributed by atoms with Crippen LogP contribution in [0.1, 0.15) is 51.3 Å². The molecule has 8 heteroatoms. The first-order valence-electron chi connectivity index (χ1n) is 13.1. The van der Waals surface area contributed by atoms with Crippen LogP contribution >= 0.6 is 0 Å². The Bertz CT molecular complexity index is 1530. The number of anilines is 1. The smallest absolute Gasteiger partial charge is 0.339 e. The number of carbonyl (C=O) groups excluding carboxylic acids is 3. The Hall–Kier alpha value is -4.72. The van der Waals surface area contributed by atoms with Crippen molar-refractivity contribution in [1.29, 1.82) is 0 Å². The van der Waals surface area contributed by atoms with E-state index in [4.69, 9.17) is 14.1 Å². The number of allylic oxidation sites excluding steroid dienone is 1. The Kier molecular flexibility index (Phi) is 9.11. The molecule has 0 saturated carbocycles. The number of esters is 1. The number of amides is 2. The number of rotatable bonds is 6. The van der Waals surface area contributed by atoms with Gasteiger partial charge in [-0.1, -0.05) is 24.3 Å². The largest absolute Gasteiger partial charge is 0.465 e. The average molecular weight is 540 g/mol. The lowest BCUT2D eigenvalue weighted by atomic mass is 9.86. The number of hydrogen-bond acceptors (Lipinski definition) is 6. The van der Waals surface area contributed by atoms with Crippen LogP contribution in [0.2, 0.25) is 0 Å². The van der Waals surface area contributed by atoms with Crippen LogP contribution in [0.5, 0.6) is 0 Å². The van der Waals surface area contributed by atoms with Gasteiger partial charge in [0, 0.05) is 25.2 Å². The first kappa shape index (κ1) is 28.3. The Morgan fingerprint density at radius 3 is 2.45 bits per heavy atom. The number of para-hydroxylation sites is 1. The summed E-state index contributed by atoms with van der Waals surface area (Å²) in [5.41, 5.74) is 6.64. The molecule has 8 nitrogen and oxygen atoms in total. The van der Waals surface area contributed by atoms with E-state index < -0.39 is 5.97 Å². The number of ether oxygens (including phenoxy) is 1. The number of benzene rings is 2. The minimum atomic E-state index is -0.519. The fourth-order valence-corrected chi connectivity index (χ4v) is 4.70. The minimum absolute atomic E-state index is 0.369. The topological polar surface area (TPSA) is 102 Å². The number of furan rings is 1. The van der Waals surface area contributed by atoms with Gasteiger partial charge in [0.1, 0.15) is 5.76 Å². The minimum Gasteiger partial charge on any atom is -0.465 e. The number of fused-ring (bicyclic) bond motifs is 2. The van der Waals surface area contributed by atoms with Crippen LogP contribution in [0.25, 0.3) is 22.6 Å². The van der Waals surface area contributed by atoms with E-state index in [9.17, 15) is 14.4 Å². The van der Waals surface area contributed by atoms with Gasteiger partial charge in [0.25, 0.3) is 5.91 Å². The molecular formula is C32H33N3O5. The highest BCUT2D eigenvalue weighted by molar-refractivity contribution is 6.07. The molecule has 0 unspecified atom stereocenters. The maximum atomic E-state index is 13.4. The average Bonchev–Trinajstić information content (AvgIpc) is 3.43. The molecule has 2 aromatic heterocycles. The second kappa shape index (κ2) is 12.9. The van der Waals surface area contributed by atoms with Gasteiger partial charge in [0.2, 0.25) is 6.41 Å². The zero-order chi connectivity index (χ0) is 28.6. The molecule has 2 amide bonds. The van der Waals surface area contributed by atoms with E-state index in [2.05, 4.69) is 5.32 Å². The fraction of sp³-hybridized carbons (Fsp3) is 0.250. The van der Waals surface area contributed by atoms with Crippen molar-refractivity contribution < 1.29 is 23.5 Å². The van der Waals surface area contributed by atoms with Crippen molar-refractivity contribution in [3.8, 4) is 0 Å². The molecule has 1 aliphatic carbocycles. The number of aromatic nitrogens is 1. The molecule has 0 fully saturated rings. The molecular weight excluding hydrogens is 506 g/mol. The van der Waals surface area contributed by atoms with Gasteiger partial charge in [-0.3, -0.25) is 9.59 Å². The first-order valence-corrected chi connectivity index (χ1v) is 13.1. The van der Waals surface area contributed by atoms with Gasteiger partial charge in [-0.05, 0) is 91.8 Å². The van der Waals surface area contributed by atoms with Crippen LogP contribution in [0.4, 0.5) is 5.69 Å². The Labute approximate surface area is 233 Å². The van der Waals surface area contributed by atoms with Crippen molar-refractivity contribution in [2.75, 3.05) is 26.0 Å². The summed E-state index contributed by atoms with van der Waals surface area (Å²) >= 11 is 0. The molecule has 2 aromatic carbocycles. The predicted octanol–water partition coefficient (Wildman–Crippen LogP) is 5.82. The SMILES string of the molecule is CN(C)C=O.Cc1cc(C)cc(NC(=O)COC(=O)c2c3c(nc4ccccc24)/C(=C/c2ccco2)CCC3)c1. The molecule has 206 valence electrons. The first-order chi connectivity index (χ1) is 19.2. The van der Waals surface area contributed by atoms with Gasteiger partial charge in [0.15, 0.2) is 6.61 Å². The highest BCUT2D eigenvalue weighted by atomic mass is 16.5. The van der Waals surface area contributed by atoms with Crippen LogP contribution in [0, 0.1) is 13.8 Å². The summed E-state index contributed by atoms with van der Waals surface area (Å²) in [7, 11) is 3.38. The third kappa shape index (κ3) is 7.02. The zero-order valence-corrected chi connectivity index (χ0v) is 23.2. The van der Waals surface area contributed by atoms with Gasteiger partial charge in [-0.15, -0.1) is 0 Å². The fourth-order valence-electron chi connectivity index (χ4n) is 4.70. The maximum Gasteiger partial charge on any atom is 0.339 e. The molecule has 4 aromatic rings. The lowest BCUT2D eigenvalue weighted by Crippen LogP contribution is -2.22. The molecule has 1 N–H and O–H groups in total. The van der Waals surface area contributed by atoms with Gasteiger partial charge in [-0.25, -0.2) is 9.78 Å². The number of nitrogens with zero attached hydrogens (tertiary/aromatic N) is 2. The molecule has 0 saturated heterocycles. The van der Waals surface area contributed by atoms with Gasteiger partial charge >= 0.3 is 5.97 Å². The van der Waals surface area contributed by atoms with Crippen LogP contribution < -0.4 is 5.32 Å². The highest BCUT2D eigenvalue weighted by Crippen LogP contribution is 2.36. The van der Waals surface area contributed by atoms with Crippen molar-refractivity contribution in [3.05, 3.63) is 94.6 Å². The lowest BCUT2D eigenvalue weighted by molar-refractivity contribution is -0.119. The van der Waals surface area contributed by atoms with E-state index >= 15 is 0 Å². The summed E-state index contributed by atoms with van der Waals surface area (Å²) in [4.78, 5) is 41.7. The molecule has 2 heterocycles. The normalized spacial score (nSPS) is 13.2. The second-order valence-electron chi connectivity index (χ2n) is 9.94. The number of aryl methyl sites for hydroxylation is 2. The summed E-state index contributed by atoms with van der Waals surface area (Å²) < 4.78 is 11.0. The number of hydrogen-bond donors (Lipinski definition) is 1. The maximum absolute atomic E-state index is 13.4. The van der Waals surface area contributed by atoms with E-state index in [1.807, 2.05) is 74.5 Å². The monoisotopic (exact) mass is 539 g/mol. The van der Waals surface area contributed by atoms with Crippen molar-refractivity contribution in [3.63, 3.8) is 0 Å². The summed E-state index contributed by atoms with van der Waals surface area (Å²) in [6.07, 6.45) is 6.79. The molecule has 0 atom stereocenters. The van der Waals surface area contributed by atoms with Crippen LogP contribution in [0.3, 0.4) is 0 Å². The summed E-state index contributed by atoms with van der Waals surface area (Å²) in [5, 5.41) is 3.54. The zero-order valence-electron chi connectivity index (χ0n) is 23.2. The standard InChI is InChI=1S/C29H26N2O4.C3H7NO/c1-18-13-19(2)15-21(14-18)30-26(32)17-35-29(33)27-23-9-3-4-11-25(23)31-28-20(7-5-10-24(27)28)16-22-8-6-12-34-22;1-4(2)3-5/h3-4,6,8-9,11-16H,5,7,10,17H2,1-2H3,(H,30,32);3H,1-2H3/b20-16+;. The van der Waals surface area contributed by atoms with Gasteiger partial charge in [0.05, 0.1) is 23.0 Å². The molecule has 0 radical (unpaired) electrons. The second-order valence-corrected chi connectivity index (χ2v) is 9.94. The summed E-state index contributed by atoms with van der Waals surface area (Å²) in [5.74, 6) is -0.154. The van der Waals surface area contributed by atoms with Crippen molar-refractivity contribution in [1.82, 2.24) is 9.88 Å². The summed E-state index contributed by atoms with van der Waals surface area (Å²) in [6, 6.07) is 17.1. The van der Waals surface area contributed by atoms with E-state index in [0.717, 1.165) is 58.4 Å². The lowest BCUT2D eigenvalue weighted by Gasteiger charge is -2.22. The molecule has 0 bridgehead atoms. The van der Waals surface area contributed by atoms with Crippen LogP contribution in [-0.2, 0) is 20.7 Å². The van der Waals surface area contributed by atoms with Gasteiger partial charge in [-0.2, -0.15) is 0 Å². The number of pyridine rings is 1. The highest BCUT2D eigenvalue weighted by Gasteiger charge is 2.26. The van der Waals surface area contributed by atoms with Crippen molar-refractivity contribution in [2.45, 2.75) is 33.1 Å². The Balaban J connectivity index is 0.000000681. The molecule has 1 aliphatic rings. The Morgan fingerprint density at radius 2 is 1.77 bits per heavy atom. The Morgan fingerprint density at radius 1 is 1.05 bits per heavy atom. The molecule has 0 spiro atoms. The van der Waals surface area contributed by atoms with Crippen LogP contribution in [-0.4, -0.2) is 48.9 Å². The van der Waals surface area contributed by atoms with E-state index in [1.165, 1.54) is 4.90 Å². The van der Waals surface area contributed by atoms with Crippen LogP contribution in [0.15, 0.2) is 65.3 Å². The van der Waals surface area contributed by atoms with E-state index in [-0.39, 0.29) is 12.5 Å². The number of carbonyl (C=O) groups is 3. The van der Waals surface area contributed by atoms with E-state index in [0.29, 0.717) is 23.2 Å².